The van der Waals surface area contributed by atoms with Gasteiger partial charge in [-0.05, 0) is 63.2 Å². The van der Waals surface area contributed by atoms with E-state index in [1.807, 2.05) is 19.1 Å². The van der Waals surface area contributed by atoms with Crippen molar-refractivity contribution in [3.05, 3.63) is 68.5 Å². The number of aromatic hydroxyl groups is 1. The molecular formula is C24H24ClNO5. The minimum Gasteiger partial charge on any atom is -0.506 e. The Morgan fingerprint density at radius 1 is 1.23 bits per heavy atom. The van der Waals surface area contributed by atoms with Gasteiger partial charge in [0.15, 0.2) is 5.78 Å². The van der Waals surface area contributed by atoms with E-state index in [0.717, 1.165) is 36.9 Å². The van der Waals surface area contributed by atoms with Gasteiger partial charge in [-0.2, -0.15) is 0 Å². The van der Waals surface area contributed by atoms with E-state index in [2.05, 4.69) is 11.9 Å². The number of hydrogen-bond acceptors (Lipinski definition) is 6. The quantitative estimate of drug-likeness (QED) is 0.468. The number of phenolic OH excluding ortho intramolecular Hbond substituents is 1. The lowest BCUT2D eigenvalue weighted by Gasteiger charge is -2.29. The van der Waals surface area contributed by atoms with Gasteiger partial charge in [-0.15, -0.1) is 0 Å². The number of Topliss-reactive ketones (excluding diaryl/α,β-unsaturated/α-hetero) is 1. The van der Waals surface area contributed by atoms with E-state index in [1.165, 1.54) is 18.2 Å². The number of fused-ring (bicyclic) bond motifs is 1. The maximum absolute atomic E-state index is 12.6. The Kier molecular flexibility index (Phi) is 6.03. The molecule has 0 atom stereocenters. The van der Waals surface area contributed by atoms with Crippen LogP contribution in [0.25, 0.3) is 11.0 Å². The fraction of sp³-hybridized carbons (Fsp3) is 0.333. The SMILES string of the molecule is Cc1c(OC2CCN(C)CC2)ccc2cc(CC(=O)c3ccc(O)c(Cl)c3)c(=O)oc12. The number of benzene rings is 2. The lowest BCUT2D eigenvalue weighted by molar-refractivity contribution is 0.0992. The van der Waals surface area contributed by atoms with Crippen molar-refractivity contribution in [2.75, 3.05) is 20.1 Å². The second kappa shape index (κ2) is 8.73. The van der Waals surface area contributed by atoms with Gasteiger partial charge in [0.1, 0.15) is 23.2 Å². The summed E-state index contributed by atoms with van der Waals surface area (Å²) in [5.74, 6) is 0.331. The molecule has 7 heteroatoms. The Morgan fingerprint density at radius 3 is 2.68 bits per heavy atom. The summed E-state index contributed by atoms with van der Waals surface area (Å²) < 4.78 is 11.8. The molecule has 31 heavy (non-hydrogen) atoms. The summed E-state index contributed by atoms with van der Waals surface area (Å²) in [5, 5.41) is 10.3. The number of piperidine rings is 1. The highest BCUT2D eigenvalue weighted by Gasteiger charge is 2.20. The summed E-state index contributed by atoms with van der Waals surface area (Å²) in [7, 11) is 2.10. The minimum atomic E-state index is -0.551. The van der Waals surface area contributed by atoms with Gasteiger partial charge in [-0.1, -0.05) is 11.6 Å². The molecule has 3 aromatic rings. The van der Waals surface area contributed by atoms with Crippen molar-refractivity contribution in [1.29, 1.82) is 0 Å². The third kappa shape index (κ3) is 4.60. The Bertz CT molecular complexity index is 1190. The lowest BCUT2D eigenvalue weighted by Crippen LogP contribution is -2.35. The van der Waals surface area contributed by atoms with Crippen LogP contribution in [0, 0.1) is 6.92 Å². The van der Waals surface area contributed by atoms with E-state index in [0.29, 0.717) is 16.9 Å². The van der Waals surface area contributed by atoms with Crippen LogP contribution in [0.15, 0.2) is 45.6 Å². The number of rotatable bonds is 5. The fourth-order valence-corrected chi connectivity index (χ4v) is 4.02. The predicted octanol–water partition coefficient (Wildman–Crippen LogP) is 4.36. The first-order valence-electron chi connectivity index (χ1n) is 10.2. The number of nitrogens with zero attached hydrogens (tertiary/aromatic N) is 1. The summed E-state index contributed by atoms with van der Waals surface area (Å²) in [5.41, 5.74) is 1.28. The molecule has 1 aromatic heterocycles. The van der Waals surface area contributed by atoms with Crippen LogP contribution in [0.4, 0.5) is 0 Å². The Morgan fingerprint density at radius 2 is 1.97 bits per heavy atom. The van der Waals surface area contributed by atoms with Gasteiger partial charge in [0, 0.05) is 41.6 Å². The maximum Gasteiger partial charge on any atom is 0.339 e. The summed E-state index contributed by atoms with van der Waals surface area (Å²) in [6, 6.07) is 9.64. The molecule has 2 heterocycles. The van der Waals surface area contributed by atoms with Crippen LogP contribution in [0.2, 0.25) is 5.02 Å². The summed E-state index contributed by atoms with van der Waals surface area (Å²) in [6.07, 6.45) is 1.94. The zero-order valence-corrected chi connectivity index (χ0v) is 18.2. The van der Waals surface area contributed by atoms with Crippen molar-refractivity contribution >= 4 is 28.4 Å². The van der Waals surface area contributed by atoms with Crippen LogP contribution < -0.4 is 10.4 Å². The molecule has 4 rings (SSSR count). The third-order valence-electron chi connectivity index (χ3n) is 5.75. The van der Waals surface area contributed by atoms with Crippen LogP contribution in [-0.4, -0.2) is 42.0 Å². The molecule has 0 bridgehead atoms. The number of hydrogen-bond donors (Lipinski definition) is 1. The molecule has 1 N–H and O–H groups in total. The van der Waals surface area contributed by atoms with Crippen molar-refractivity contribution in [2.24, 2.45) is 0 Å². The Hall–Kier alpha value is -2.83. The van der Waals surface area contributed by atoms with Crippen LogP contribution in [0.3, 0.4) is 0 Å². The van der Waals surface area contributed by atoms with Gasteiger partial charge >= 0.3 is 5.63 Å². The van der Waals surface area contributed by atoms with Gasteiger partial charge in [-0.3, -0.25) is 4.79 Å². The van der Waals surface area contributed by atoms with Gasteiger partial charge in [0.05, 0.1) is 5.02 Å². The van der Waals surface area contributed by atoms with Gasteiger partial charge in [-0.25, -0.2) is 4.79 Å². The molecule has 0 amide bonds. The number of halogens is 1. The molecule has 2 aromatic carbocycles. The molecule has 6 nitrogen and oxygen atoms in total. The average molecular weight is 442 g/mol. The first-order chi connectivity index (χ1) is 14.8. The smallest absolute Gasteiger partial charge is 0.339 e. The normalized spacial score (nSPS) is 15.3. The van der Waals surface area contributed by atoms with Crippen molar-refractivity contribution in [3.8, 4) is 11.5 Å². The highest BCUT2D eigenvalue weighted by molar-refractivity contribution is 6.32. The maximum atomic E-state index is 12.6. The van der Waals surface area contributed by atoms with E-state index >= 15 is 0 Å². The minimum absolute atomic E-state index is 0.0872. The number of ether oxygens (including phenoxy) is 1. The number of likely N-dealkylation sites (tertiary alicyclic amines) is 1. The molecule has 1 fully saturated rings. The first kappa shape index (κ1) is 21.4. The monoisotopic (exact) mass is 441 g/mol. The molecule has 162 valence electrons. The number of phenols is 1. The number of aryl methyl sites for hydroxylation is 1. The van der Waals surface area contributed by atoms with Crippen LogP contribution >= 0.6 is 11.6 Å². The summed E-state index contributed by atoms with van der Waals surface area (Å²) in [4.78, 5) is 27.4. The van der Waals surface area contributed by atoms with E-state index < -0.39 is 5.63 Å². The van der Waals surface area contributed by atoms with E-state index in [-0.39, 0.29) is 34.6 Å². The van der Waals surface area contributed by atoms with Crippen molar-refractivity contribution in [2.45, 2.75) is 32.3 Å². The standard InChI is InChI=1S/C24H24ClNO5/c1-14-22(30-18-7-9-26(2)10-8-18)6-4-16-11-17(24(29)31-23(14)16)13-21(28)15-3-5-20(27)19(25)12-15/h3-6,11-12,18,27H,7-10,13H2,1-2H3. The van der Waals surface area contributed by atoms with E-state index in [9.17, 15) is 14.7 Å². The largest absolute Gasteiger partial charge is 0.506 e. The summed E-state index contributed by atoms with van der Waals surface area (Å²) >= 11 is 5.88. The topological polar surface area (TPSA) is 80.0 Å². The van der Waals surface area contributed by atoms with Crippen LogP contribution in [0.1, 0.15) is 34.3 Å². The third-order valence-corrected chi connectivity index (χ3v) is 6.06. The van der Waals surface area contributed by atoms with Crippen molar-refractivity contribution < 1.29 is 19.1 Å². The Labute approximate surface area is 185 Å². The van der Waals surface area contributed by atoms with Gasteiger partial charge in [0.25, 0.3) is 0 Å². The van der Waals surface area contributed by atoms with Crippen LogP contribution in [-0.2, 0) is 6.42 Å². The molecule has 1 saturated heterocycles. The molecule has 0 spiro atoms. The molecule has 1 aliphatic heterocycles. The fourth-order valence-electron chi connectivity index (χ4n) is 3.84. The molecule has 0 aliphatic carbocycles. The highest BCUT2D eigenvalue weighted by Crippen LogP contribution is 2.30. The second-order valence-corrected chi connectivity index (χ2v) is 8.46. The Balaban J connectivity index is 1.58. The molecule has 0 saturated carbocycles. The van der Waals surface area contributed by atoms with Crippen molar-refractivity contribution in [3.63, 3.8) is 0 Å². The average Bonchev–Trinajstić information content (AvgIpc) is 2.75. The second-order valence-electron chi connectivity index (χ2n) is 8.05. The molecule has 0 radical (unpaired) electrons. The number of carbonyl (C=O) groups excluding carboxylic acids is 1. The predicted molar refractivity (Wildman–Crippen MR) is 120 cm³/mol. The number of carbonyl (C=O) groups is 1. The molecule has 1 aliphatic rings. The summed E-state index contributed by atoms with van der Waals surface area (Å²) in [6.45, 7) is 3.87. The highest BCUT2D eigenvalue weighted by atomic mass is 35.5. The zero-order chi connectivity index (χ0) is 22.1. The van der Waals surface area contributed by atoms with Crippen LogP contribution in [0.5, 0.6) is 11.5 Å². The zero-order valence-electron chi connectivity index (χ0n) is 17.5. The first-order valence-corrected chi connectivity index (χ1v) is 10.6. The molecule has 0 unspecified atom stereocenters. The number of ketones is 1. The lowest BCUT2D eigenvalue weighted by atomic mass is 10.0. The van der Waals surface area contributed by atoms with Crippen molar-refractivity contribution in [1.82, 2.24) is 4.90 Å². The van der Waals surface area contributed by atoms with Gasteiger partial charge < -0.3 is 19.2 Å². The van der Waals surface area contributed by atoms with E-state index in [1.54, 1.807) is 6.07 Å². The van der Waals surface area contributed by atoms with E-state index in [4.69, 9.17) is 20.8 Å². The molecular weight excluding hydrogens is 418 g/mol. The van der Waals surface area contributed by atoms with Gasteiger partial charge in [0.2, 0.25) is 0 Å².